The number of nitrogens with two attached hydrogens (primary N) is 1. The summed E-state index contributed by atoms with van der Waals surface area (Å²) in [6.45, 7) is -0.715. The highest BCUT2D eigenvalue weighted by Gasteiger charge is 2.07. The number of halogens is 1. The summed E-state index contributed by atoms with van der Waals surface area (Å²) in [5.41, 5.74) is 5.46. The van der Waals surface area contributed by atoms with E-state index in [1.807, 2.05) is 0 Å². The van der Waals surface area contributed by atoms with E-state index in [1.165, 1.54) is 24.3 Å². The van der Waals surface area contributed by atoms with Crippen molar-refractivity contribution >= 4 is 23.4 Å². The van der Waals surface area contributed by atoms with E-state index in [0.717, 1.165) is 0 Å². The summed E-state index contributed by atoms with van der Waals surface area (Å²) in [6, 6.07) is 5.21. The summed E-state index contributed by atoms with van der Waals surface area (Å²) in [4.78, 5) is 33.5. The molecule has 0 heterocycles. The number of anilines is 1. The van der Waals surface area contributed by atoms with Crippen LogP contribution in [-0.4, -0.2) is 37.4 Å². The minimum absolute atomic E-state index is 0.210. The van der Waals surface area contributed by atoms with Crippen LogP contribution in [0.5, 0.6) is 0 Å². The second kappa shape index (κ2) is 7.85. The summed E-state index contributed by atoms with van der Waals surface area (Å²) in [6.07, 6.45) is 0. The Balaban J connectivity index is 2.27. The number of carbonyl (C=O) groups excluding carboxylic acids is 3. The molecule has 0 spiro atoms. The van der Waals surface area contributed by atoms with Gasteiger partial charge in [0.2, 0.25) is 17.7 Å². The molecule has 0 aliphatic carbocycles. The van der Waals surface area contributed by atoms with Crippen molar-refractivity contribution in [2.24, 2.45) is 5.73 Å². The van der Waals surface area contributed by atoms with Crippen molar-refractivity contribution < 1.29 is 18.8 Å². The first kappa shape index (κ1) is 15.6. The molecule has 0 aliphatic heterocycles. The van der Waals surface area contributed by atoms with Gasteiger partial charge >= 0.3 is 0 Å². The molecule has 0 bridgehead atoms. The monoisotopic (exact) mass is 282 g/mol. The van der Waals surface area contributed by atoms with E-state index in [1.54, 1.807) is 0 Å². The van der Waals surface area contributed by atoms with Gasteiger partial charge in [-0.2, -0.15) is 0 Å². The quantitative estimate of drug-likeness (QED) is 0.533. The Morgan fingerprint density at radius 3 is 2.10 bits per heavy atom. The number of amides is 3. The van der Waals surface area contributed by atoms with Gasteiger partial charge in [0.05, 0.1) is 19.6 Å². The highest BCUT2D eigenvalue weighted by atomic mass is 19.1. The molecule has 20 heavy (non-hydrogen) atoms. The number of hydrogen-bond donors (Lipinski definition) is 4. The Hall–Kier alpha value is -2.48. The molecule has 1 rings (SSSR count). The normalized spacial score (nSPS) is 9.70. The van der Waals surface area contributed by atoms with Crippen LogP contribution >= 0.6 is 0 Å². The lowest BCUT2D eigenvalue weighted by Crippen LogP contribution is -2.41. The Morgan fingerprint density at radius 1 is 0.950 bits per heavy atom. The maximum atomic E-state index is 12.6. The van der Waals surface area contributed by atoms with E-state index in [-0.39, 0.29) is 19.6 Å². The van der Waals surface area contributed by atoms with Crippen molar-refractivity contribution in [1.82, 2.24) is 10.6 Å². The largest absolute Gasteiger partial charge is 0.346 e. The molecular formula is C12H15FN4O3. The van der Waals surface area contributed by atoms with E-state index in [0.29, 0.717) is 5.69 Å². The smallest absolute Gasteiger partial charge is 0.243 e. The van der Waals surface area contributed by atoms with Crippen LogP contribution in [0.2, 0.25) is 0 Å². The topological polar surface area (TPSA) is 113 Å². The summed E-state index contributed by atoms with van der Waals surface area (Å²) in [5, 5.41) is 7.05. The molecule has 0 radical (unpaired) electrons. The van der Waals surface area contributed by atoms with Crippen LogP contribution in [-0.2, 0) is 14.4 Å². The summed E-state index contributed by atoms with van der Waals surface area (Å²) >= 11 is 0. The number of hydrogen-bond acceptors (Lipinski definition) is 4. The van der Waals surface area contributed by atoms with Crippen LogP contribution in [0.15, 0.2) is 24.3 Å². The second-order valence-electron chi connectivity index (χ2n) is 3.81. The van der Waals surface area contributed by atoms with Crippen LogP contribution in [0.4, 0.5) is 10.1 Å². The minimum atomic E-state index is -0.513. The van der Waals surface area contributed by atoms with Gasteiger partial charge in [0.25, 0.3) is 0 Å². The van der Waals surface area contributed by atoms with Crippen LogP contribution in [0, 0.1) is 5.82 Å². The Morgan fingerprint density at radius 2 is 1.50 bits per heavy atom. The summed E-state index contributed by atoms with van der Waals surface area (Å²) in [5.74, 6) is -1.85. The van der Waals surface area contributed by atoms with Crippen molar-refractivity contribution in [3.05, 3.63) is 30.1 Å². The lowest BCUT2D eigenvalue weighted by atomic mass is 10.3. The maximum Gasteiger partial charge on any atom is 0.243 e. The molecule has 3 amide bonds. The van der Waals surface area contributed by atoms with Crippen LogP contribution in [0.25, 0.3) is 0 Å². The van der Waals surface area contributed by atoms with Gasteiger partial charge in [-0.15, -0.1) is 0 Å². The first-order chi connectivity index (χ1) is 9.51. The zero-order valence-corrected chi connectivity index (χ0v) is 10.6. The van der Waals surface area contributed by atoms with Crippen LogP contribution in [0.1, 0.15) is 0 Å². The Labute approximate surface area is 114 Å². The number of nitrogens with one attached hydrogen (secondary N) is 3. The molecule has 0 unspecified atom stereocenters. The van der Waals surface area contributed by atoms with Crippen LogP contribution < -0.4 is 21.7 Å². The average molecular weight is 282 g/mol. The molecule has 8 heteroatoms. The molecular weight excluding hydrogens is 267 g/mol. The third-order valence-electron chi connectivity index (χ3n) is 2.21. The van der Waals surface area contributed by atoms with E-state index in [4.69, 9.17) is 5.73 Å². The maximum absolute atomic E-state index is 12.6. The molecule has 7 nitrogen and oxygen atoms in total. The standard InChI is InChI=1S/C12H15FN4O3/c13-8-1-3-9(4-2-8)17-12(20)7-16-11(19)6-15-10(18)5-14/h1-4H,5-7,14H2,(H,15,18)(H,16,19)(H,17,20). The first-order valence-electron chi connectivity index (χ1n) is 5.80. The molecule has 0 aliphatic rings. The summed E-state index contributed by atoms with van der Waals surface area (Å²) in [7, 11) is 0. The SMILES string of the molecule is NCC(=O)NCC(=O)NCC(=O)Nc1ccc(F)cc1. The van der Waals surface area contributed by atoms with Gasteiger partial charge in [-0.1, -0.05) is 0 Å². The van der Waals surface area contributed by atoms with Crippen molar-refractivity contribution in [3.8, 4) is 0 Å². The minimum Gasteiger partial charge on any atom is -0.346 e. The molecule has 1 aromatic carbocycles. The molecule has 0 saturated heterocycles. The van der Waals surface area contributed by atoms with Gasteiger partial charge in [-0.05, 0) is 24.3 Å². The Kier molecular flexibility index (Phi) is 6.11. The zero-order valence-electron chi connectivity index (χ0n) is 10.6. The van der Waals surface area contributed by atoms with E-state index < -0.39 is 23.5 Å². The fourth-order valence-corrected chi connectivity index (χ4v) is 1.23. The van der Waals surface area contributed by atoms with Crippen LogP contribution in [0.3, 0.4) is 0 Å². The molecule has 0 aromatic heterocycles. The molecule has 108 valence electrons. The zero-order chi connectivity index (χ0) is 15.0. The number of benzene rings is 1. The first-order valence-corrected chi connectivity index (χ1v) is 5.80. The fraction of sp³-hybridized carbons (Fsp3) is 0.250. The third-order valence-corrected chi connectivity index (χ3v) is 2.21. The summed E-state index contributed by atoms with van der Waals surface area (Å²) < 4.78 is 12.6. The van der Waals surface area contributed by atoms with Crippen molar-refractivity contribution in [1.29, 1.82) is 0 Å². The molecule has 5 N–H and O–H groups in total. The average Bonchev–Trinajstić information content (AvgIpc) is 2.45. The molecule has 0 atom stereocenters. The lowest BCUT2D eigenvalue weighted by molar-refractivity contribution is -0.126. The van der Waals surface area contributed by atoms with Gasteiger partial charge < -0.3 is 21.7 Å². The molecule has 0 fully saturated rings. The number of rotatable bonds is 6. The lowest BCUT2D eigenvalue weighted by Gasteiger charge is -2.07. The van der Waals surface area contributed by atoms with E-state index in [9.17, 15) is 18.8 Å². The van der Waals surface area contributed by atoms with Crippen molar-refractivity contribution in [3.63, 3.8) is 0 Å². The molecule has 1 aromatic rings. The van der Waals surface area contributed by atoms with E-state index in [2.05, 4.69) is 16.0 Å². The van der Waals surface area contributed by atoms with E-state index >= 15 is 0 Å². The Bertz CT molecular complexity index is 490. The van der Waals surface area contributed by atoms with Crippen molar-refractivity contribution in [2.75, 3.05) is 25.0 Å². The number of carbonyl (C=O) groups is 3. The van der Waals surface area contributed by atoms with Gasteiger partial charge in [-0.25, -0.2) is 4.39 Å². The predicted molar refractivity (Wildman–Crippen MR) is 70.1 cm³/mol. The molecule has 0 saturated carbocycles. The fourth-order valence-electron chi connectivity index (χ4n) is 1.23. The third kappa shape index (κ3) is 5.91. The van der Waals surface area contributed by atoms with Gasteiger partial charge in [0.1, 0.15) is 5.82 Å². The second-order valence-corrected chi connectivity index (χ2v) is 3.81. The van der Waals surface area contributed by atoms with Gasteiger partial charge in [0, 0.05) is 5.69 Å². The van der Waals surface area contributed by atoms with Gasteiger partial charge in [-0.3, -0.25) is 14.4 Å². The predicted octanol–water partition coefficient (Wildman–Crippen LogP) is -1.04. The van der Waals surface area contributed by atoms with Crippen molar-refractivity contribution in [2.45, 2.75) is 0 Å². The highest BCUT2D eigenvalue weighted by Crippen LogP contribution is 2.07. The van der Waals surface area contributed by atoms with Gasteiger partial charge in [0.15, 0.2) is 0 Å². The highest BCUT2D eigenvalue weighted by molar-refractivity contribution is 5.95.